The van der Waals surface area contributed by atoms with Crippen LogP contribution in [0.4, 0.5) is 0 Å². The van der Waals surface area contributed by atoms with E-state index in [-0.39, 0.29) is 5.79 Å². The first-order valence-corrected chi connectivity index (χ1v) is 5.31. The second kappa shape index (κ2) is 5.58. The summed E-state index contributed by atoms with van der Waals surface area (Å²) >= 11 is 0. The first kappa shape index (κ1) is 11.0. The van der Waals surface area contributed by atoms with E-state index >= 15 is 0 Å². The lowest BCUT2D eigenvalue weighted by Gasteiger charge is -2.29. The predicted molar refractivity (Wildman–Crippen MR) is 52.4 cm³/mol. The van der Waals surface area contributed by atoms with Gasteiger partial charge in [-0.3, -0.25) is 0 Å². The quantitative estimate of drug-likeness (QED) is 0.643. The van der Waals surface area contributed by atoms with Crippen molar-refractivity contribution < 1.29 is 9.47 Å². The van der Waals surface area contributed by atoms with Crippen LogP contribution < -0.4 is 5.73 Å². The van der Waals surface area contributed by atoms with Crippen LogP contribution in [-0.4, -0.2) is 25.5 Å². The molecule has 0 amide bonds. The summed E-state index contributed by atoms with van der Waals surface area (Å²) in [6, 6.07) is 0. The Morgan fingerprint density at radius 2 is 1.77 bits per heavy atom. The number of ether oxygens (including phenoxy) is 2. The maximum Gasteiger partial charge on any atom is 0.168 e. The van der Waals surface area contributed by atoms with Gasteiger partial charge in [-0.05, 0) is 19.3 Å². The summed E-state index contributed by atoms with van der Waals surface area (Å²) < 4.78 is 11.5. The van der Waals surface area contributed by atoms with E-state index in [1.54, 1.807) is 0 Å². The largest absolute Gasteiger partial charge is 0.350 e. The molecular formula is C10H21NO2. The van der Waals surface area contributed by atoms with Crippen molar-refractivity contribution in [3.05, 3.63) is 0 Å². The molecule has 0 atom stereocenters. The first-order chi connectivity index (χ1) is 6.33. The Morgan fingerprint density at radius 3 is 2.31 bits per heavy atom. The van der Waals surface area contributed by atoms with E-state index in [4.69, 9.17) is 15.2 Å². The molecule has 78 valence electrons. The van der Waals surface area contributed by atoms with Gasteiger partial charge in [-0.25, -0.2) is 0 Å². The summed E-state index contributed by atoms with van der Waals surface area (Å²) in [6.07, 6.45) is 5.55. The molecule has 1 fully saturated rings. The highest BCUT2D eigenvalue weighted by Crippen LogP contribution is 2.34. The maximum atomic E-state index is 5.76. The first-order valence-electron chi connectivity index (χ1n) is 5.31. The Hall–Kier alpha value is -0.120. The van der Waals surface area contributed by atoms with Gasteiger partial charge in [-0.1, -0.05) is 6.92 Å². The zero-order valence-corrected chi connectivity index (χ0v) is 8.55. The fraction of sp³-hybridized carbons (Fsp3) is 1.00. The van der Waals surface area contributed by atoms with E-state index in [0.717, 1.165) is 25.9 Å². The Morgan fingerprint density at radius 1 is 1.15 bits per heavy atom. The molecule has 1 aliphatic rings. The lowest BCUT2D eigenvalue weighted by molar-refractivity contribution is -0.231. The SMILES string of the molecule is CCCOC1(OCCN)CCCC1. The molecule has 13 heavy (non-hydrogen) atoms. The molecule has 3 heteroatoms. The molecule has 1 saturated carbocycles. The number of nitrogens with two attached hydrogens (primary N) is 1. The Bertz CT molecular complexity index is 123. The van der Waals surface area contributed by atoms with E-state index in [9.17, 15) is 0 Å². The maximum absolute atomic E-state index is 5.76. The highest BCUT2D eigenvalue weighted by atomic mass is 16.7. The van der Waals surface area contributed by atoms with Gasteiger partial charge in [0.1, 0.15) is 0 Å². The van der Waals surface area contributed by atoms with Gasteiger partial charge in [0, 0.05) is 26.0 Å². The van der Waals surface area contributed by atoms with E-state index in [1.807, 2.05) is 0 Å². The number of rotatable bonds is 6. The molecular weight excluding hydrogens is 166 g/mol. The van der Waals surface area contributed by atoms with E-state index in [1.165, 1.54) is 12.8 Å². The minimum absolute atomic E-state index is 0.282. The second-order valence-corrected chi connectivity index (χ2v) is 3.60. The Kier molecular flexibility index (Phi) is 4.70. The summed E-state index contributed by atoms with van der Waals surface area (Å²) in [5.41, 5.74) is 5.41. The number of hydrogen-bond donors (Lipinski definition) is 1. The molecule has 0 bridgehead atoms. The monoisotopic (exact) mass is 187 g/mol. The van der Waals surface area contributed by atoms with Crippen molar-refractivity contribution in [2.75, 3.05) is 19.8 Å². The van der Waals surface area contributed by atoms with Crippen LogP contribution in [0.1, 0.15) is 39.0 Å². The summed E-state index contributed by atoms with van der Waals surface area (Å²) in [5.74, 6) is -0.282. The van der Waals surface area contributed by atoms with Gasteiger partial charge in [0.2, 0.25) is 0 Å². The molecule has 0 aliphatic heterocycles. The van der Waals surface area contributed by atoms with Crippen LogP contribution in [0.3, 0.4) is 0 Å². The third kappa shape index (κ3) is 3.25. The van der Waals surface area contributed by atoms with Crippen LogP contribution in [0.15, 0.2) is 0 Å². The molecule has 0 aromatic rings. The molecule has 0 saturated heterocycles. The number of hydrogen-bond acceptors (Lipinski definition) is 3. The highest BCUT2D eigenvalue weighted by Gasteiger charge is 2.35. The van der Waals surface area contributed by atoms with Crippen molar-refractivity contribution in [1.82, 2.24) is 0 Å². The molecule has 2 N–H and O–H groups in total. The van der Waals surface area contributed by atoms with Crippen LogP contribution in [0, 0.1) is 0 Å². The van der Waals surface area contributed by atoms with Crippen LogP contribution in [0.25, 0.3) is 0 Å². The molecule has 3 nitrogen and oxygen atoms in total. The molecule has 0 aromatic heterocycles. The Balaban J connectivity index is 2.33. The molecule has 1 rings (SSSR count). The van der Waals surface area contributed by atoms with Gasteiger partial charge < -0.3 is 15.2 Å². The summed E-state index contributed by atoms with van der Waals surface area (Å²) in [6.45, 7) is 4.11. The lowest BCUT2D eigenvalue weighted by atomic mass is 10.2. The minimum atomic E-state index is -0.282. The highest BCUT2D eigenvalue weighted by molar-refractivity contribution is 4.77. The lowest BCUT2D eigenvalue weighted by Crippen LogP contribution is -2.34. The van der Waals surface area contributed by atoms with Gasteiger partial charge in [0.05, 0.1) is 6.61 Å². The fourth-order valence-corrected chi connectivity index (χ4v) is 1.78. The molecule has 0 spiro atoms. The van der Waals surface area contributed by atoms with Crippen molar-refractivity contribution in [3.8, 4) is 0 Å². The Labute approximate surface area is 80.6 Å². The third-order valence-electron chi connectivity index (χ3n) is 2.42. The molecule has 0 aromatic carbocycles. The summed E-state index contributed by atoms with van der Waals surface area (Å²) in [7, 11) is 0. The zero-order valence-electron chi connectivity index (χ0n) is 8.55. The smallest absolute Gasteiger partial charge is 0.168 e. The van der Waals surface area contributed by atoms with Gasteiger partial charge >= 0.3 is 0 Å². The average Bonchev–Trinajstić information content (AvgIpc) is 2.61. The van der Waals surface area contributed by atoms with Gasteiger partial charge in [0.15, 0.2) is 5.79 Å². The molecule has 0 radical (unpaired) electrons. The fourth-order valence-electron chi connectivity index (χ4n) is 1.78. The molecule has 1 aliphatic carbocycles. The zero-order chi connectivity index (χ0) is 9.57. The normalized spacial score (nSPS) is 20.8. The van der Waals surface area contributed by atoms with Gasteiger partial charge in [-0.15, -0.1) is 0 Å². The van der Waals surface area contributed by atoms with Crippen molar-refractivity contribution in [1.29, 1.82) is 0 Å². The topological polar surface area (TPSA) is 44.5 Å². The third-order valence-corrected chi connectivity index (χ3v) is 2.42. The van der Waals surface area contributed by atoms with E-state index in [2.05, 4.69) is 6.92 Å². The van der Waals surface area contributed by atoms with Crippen molar-refractivity contribution in [3.63, 3.8) is 0 Å². The average molecular weight is 187 g/mol. The molecule has 0 unspecified atom stereocenters. The van der Waals surface area contributed by atoms with Gasteiger partial charge in [0.25, 0.3) is 0 Å². The standard InChI is InChI=1S/C10H21NO2/c1-2-8-12-10(13-9-7-11)5-3-4-6-10/h2-9,11H2,1H3. The molecule has 0 heterocycles. The summed E-state index contributed by atoms with van der Waals surface area (Å²) in [5, 5.41) is 0. The van der Waals surface area contributed by atoms with Crippen molar-refractivity contribution in [2.24, 2.45) is 5.73 Å². The van der Waals surface area contributed by atoms with Crippen LogP contribution in [-0.2, 0) is 9.47 Å². The van der Waals surface area contributed by atoms with Crippen molar-refractivity contribution >= 4 is 0 Å². The van der Waals surface area contributed by atoms with E-state index in [0.29, 0.717) is 13.2 Å². The minimum Gasteiger partial charge on any atom is -0.350 e. The summed E-state index contributed by atoms with van der Waals surface area (Å²) in [4.78, 5) is 0. The van der Waals surface area contributed by atoms with E-state index < -0.39 is 0 Å². The van der Waals surface area contributed by atoms with Gasteiger partial charge in [-0.2, -0.15) is 0 Å². The second-order valence-electron chi connectivity index (χ2n) is 3.60. The predicted octanol–water partition coefficient (Wildman–Crippen LogP) is 1.66. The van der Waals surface area contributed by atoms with Crippen molar-refractivity contribution in [2.45, 2.75) is 44.8 Å². The van der Waals surface area contributed by atoms with Crippen LogP contribution in [0.5, 0.6) is 0 Å². The van der Waals surface area contributed by atoms with Crippen LogP contribution >= 0.6 is 0 Å². The van der Waals surface area contributed by atoms with Crippen LogP contribution in [0.2, 0.25) is 0 Å².